The molecule has 0 aromatic heterocycles. The maximum Gasteiger partial charge on any atom is 0.433 e. The van der Waals surface area contributed by atoms with Crippen molar-refractivity contribution < 1.29 is 24.6 Å². The molecule has 1 atom stereocenters. The standard InChI is InChI=1S/C11H15N3O5/c12-10(14-11(16)17)7-1-3-8(4-2-7)19-9(5-15)6-18-13/h1-4,9,15H,5-6,13H2,(H2,12,14)(H,16,17). The minimum absolute atomic E-state index is 0.0425. The fraction of sp³-hybridized carbons (Fsp3) is 0.273. The van der Waals surface area contributed by atoms with Gasteiger partial charge in [0.1, 0.15) is 24.3 Å². The molecule has 6 N–H and O–H groups in total. The molecule has 0 aliphatic heterocycles. The highest BCUT2D eigenvalue weighted by Gasteiger charge is 2.09. The molecule has 0 spiro atoms. The van der Waals surface area contributed by atoms with Crippen LogP contribution in [0.3, 0.4) is 0 Å². The van der Waals surface area contributed by atoms with Crippen LogP contribution < -0.4 is 16.4 Å². The Morgan fingerprint density at radius 1 is 1.37 bits per heavy atom. The quantitative estimate of drug-likeness (QED) is 0.315. The van der Waals surface area contributed by atoms with Gasteiger partial charge in [0.05, 0.1) is 6.61 Å². The van der Waals surface area contributed by atoms with Crippen LogP contribution in [0, 0.1) is 0 Å². The van der Waals surface area contributed by atoms with E-state index in [2.05, 4.69) is 9.83 Å². The summed E-state index contributed by atoms with van der Waals surface area (Å²) in [6.07, 6.45) is -1.95. The summed E-state index contributed by atoms with van der Waals surface area (Å²) in [6.45, 7) is -0.206. The lowest BCUT2D eigenvalue weighted by Crippen LogP contribution is -2.28. The van der Waals surface area contributed by atoms with Gasteiger partial charge in [-0.3, -0.25) is 0 Å². The number of amidine groups is 1. The number of hydrogen-bond acceptors (Lipinski definition) is 5. The van der Waals surface area contributed by atoms with Gasteiger partial charge < -0.3 is 25.5 Å². The first-order valence-corrected chi connectivity index (χ1v) is 5.33. The fourth-order valence-corrected chi connectivity index (χ4v) is 1.30. The Balaban J connectivity index is 2.73. The van der Waals surface area contributed by atoms with Crippen molar-refractivity contribution in [1.29, 1.82) is 0 Å². The fourth-order valence-electron chi connectivity index (χ4n) is 1.30. The molecule has 104 valence electrons. The van der Waals surface area contributed by atoms with E-state index in [0.717, 1.165) is 0 Å². The van der Waals surface area contributed by atoms with Gasteiger partial charge in [-0.15, -0.1) is 0 Å². The van der Waals surface area contributed by atoms with Gasteiger partial charge in [-0.2, -0.15) is 4.99 Å². The normalized spacial score (nSPS) is 13.1. The van der Waals surface area contributed by atoms with E-state index < -0.39 is 12.2 Å². The molecule has 0 aliphatic carbocycles. The molecule has 1 unspecified atom stereocenters. The molecule has 0 saturated heterocycles. The SMILES string of the molecule is NOCC(CO)Oc1ccc(C(N)=NC(=O)O)cc1. The topological polar surface area (TPSA) is 140 Å². The lowest BCUT2D eigenvalue weighted by atomic mass is 10.2. The third kappa shape index (κ3) is 4.92. The van der Waals surface area contributed by atoms with Gasteiger partial charge in [0.2, 0.25) is 0 Å². The highest BCUT2D eigenvalue weighted by Crippen LogP contribution is 2.14. The summed E-state index contributed by atoms with van der Waals surface area (Å²) in [7, 11) is 0. The van der Waals surface area contributed by atoms with Crippen LogP contribution >= 0.6 is 0 Å². The Morgan fingerprint density at radius 2 is 2.00 bits per heavy atom. The van der Waals surface area contributed by atoms with E-state index in [-0.39, 0.29) is 19.0 Å². The highest BCUT2D eigenvalue weighted by molar-refractivity contribution is 6.02. The highest BCUT2D eigenvalue weighted by atomic mass is 16.6. The van der Waals surface area contributed by atoms with Crippen LogP contribution in [0.2, 0.25) is 0 Å². The van der Waals surface area contributed by atoms with E-state index in [1.807, 2.05) is 0 Å². The molecule has 1 amide bonds. The van der Waals surface area contributed by atoms with Crippen molar-refractivity contribution in [2.45, 2.75) is 6.10 Å². The lowest BCUT2D eigenvalue weighted by Gasteiger charge is -2.15. The van der Waals surface area contributed by atoms with Crippen LogP contribution in [-0.4, -0.2) is 41.5 Å². The minimum Gasteiger partial charge on any atom is -0.486 e. The Hall–Kier alpha value is -2.16. The van der Waals surface area contributed by atoms with Gasteiger partial charge in [-0.05, 0) is 24.3 Å². The third-order valence-electron chi connectivity index (χ3n) is 2.15. The van der Waals surface area contributed by atoms with E-state index >= 15 is 0 Å². The van der Waals surface area contributed by atoms with Gasteiger partial charge in [-0.1, -0.05) is 0 Å². The minimum atomic E-state index is -1.36. The molecule has 8 nitrogen and oxygen atoms in total. The number of amides is 1. The largest absolute Gasteiger partial charge is 0.486 e. The zero-order chi connectivity index (χ0) is 14.3. The molecule has 0 bridgehead atoms. The number of nitrogens with two attached hydrogens (primary N) is 2. The predicted octanol–water partition coefficient (Wildman–Crippen LogP) is -0.300. The summed E-state index contributed by atoms with van der Waals surface area (Å²) in [4.78, 5) is 17.9. The second-order valence-corrected chi connectivity index (χ2v) is 3.56. The zero-order valence-electron chi connectivity index (χ0n) is 10.0. The number of ether oxygens (including phenoxy) is 1. The van der Waals surface area contributed by atoms with E-state index in [4.69, 9.17) is 26.6 Å². The summed E-state index contributed by atoms with van der Waals surface area (Å²) in [6, 6.07) is 6.24. The first-order valence-electron chi connectivity index (χ1n) is 5.33. The first-order chi connectivity index (χ1) is 9.06. The van der Waals surface area contributed by atoms with Crippen LogP contribution in [0.25, 0.3) is 0 Å². The van der Waals surface area contributed by atoms with Gasteiger partial charge in [0.15, 0.2) is 0 Å². The predicted molar refractivity (Wildman–Crippen MR) is 66.8 cm³/mol. The number of carbonyl (C=O) groups is 1. The first kappa shape index (κ1) is 14.9. The van der Waals surface area contributed by atoms with E-state index in [9.17, 15) is 4.79 Å². The van der Waals surface area contributed by atoms with E-state index in [1.54, 1.807) is 24.3 Å². The zero-order valence-corrected chi connectivity index (χ0v) is 10.0. The number of aliphatic hydroxyl groups is 1. The number of carboxylic acid groups (broad SMARTS) is 1. The van der Waals surface area contributed by atoms with Gasteiger partial charge >= 0.3 is 6.09 Å². The van der Waals surface area contributed by atoms with Crippen LogP contribution in [-0.2, 0) is 4.84 Å². The van der Waals surface area contributed by atoms with Crippen LogP contribution in [0.5, 0.6) is 5.75 Å². The average molecular weight is 269 g/mol. The second-order valence-electron chi connectivity index (χ2n) is 3.56. The van der Waals surface area contributed by atoms with Crippen LogP contribution in [0.15, 0.2) is 29.3 Å². The molecule has 8 heteroatoms. The number of aliphatic imine (C=N–C) groups is 1. The van der Waals surface area contributed by atoms with Crippen molar-refractivity contribution in [3.05, 3.63) is 29.8 Å². The summed E-state index contributed by atoms with van der Waals surface area (Å²) >= 11 is 0. The maximum atomic E-state index is 10.4. The monoisotopic (exact) mass is 269 g/mol. The average Bonchev–Trinajstić information content (AvgIpc) is 2.38. The molecule has 1 aromatic carbocycles. The van der Waals surface area contributed by atoms with Crippen molar-refractivity contribution in [2.75, 3.05) is 13.2 Å². The molecule has 0 heterocycles. The number of benzene rings is 1. The second kappa shape index (κ2) is 7.31. The molecular formula is C11H15N3O5. The summed E-state index contributed by atoms with van der Waals surface area (Å²) in [5.74, 6) is 5.24. The number of hydrogen-bond donors (Lipinski definition) is 4. The number of rotatable bonds is 6. The lowest BCUT2D eigenvalue weighted by molar-refractivity contribution is 0.0196. The van der Waals surface area contributed by atoms with Gasteiger partial charge in [0.25, 0.3) is 0 Å². The van der Waals surface area contributed by atoms with Crippen molar-refractivity contribution in [2.24, 2.45) is 16.6 Å². The molecule has 0 aliphatic rings. The summed E-state index contributed by atoms with van der Waals surface area (Å²) < 4.78 is 5.37. The Labute approximate surface area is 109 Å². The van der Waals surface area contributed by atoms with Crippen LogP contribution in [0.1, 0.15) is 5.56 Å². The van der Waals surface area contributed by atoms with E-state index in [1.165, 1.54) is 0 Å². The molecule has 0 saturated carbocycles. The smallest absolute Gasteiger partial charge is 0.433 e. The molecular weight excluding hydrogens is 254 g/mol. The summed E-state index contributed by atoms with van der Waals surface area (Å²) in [5.41, 5.74) is 5.92. The maximum absolute atomic E-state index is 10.4. The Kier molecular flexibility index (Phi) is 5.73. The van der Waals surface area contributed by atoms with Gasteiger partial charge in [-0.25, -0.2) is 10.7 Å². The van der Waals surface area contributed by atoms with Gasteiger partial charge in [0, 0.05) is 5.56 Å². The van der Waals surface area contributed by atoms with Crippen molar-refractivity contribution in [1.82, 2.24) is 0 Å². The molecule has 1 rings (SSSR count). The molecule has 0 fully saturated rings. The van der Waals surface area contributed by atoms with Crippen LogP contribution in [0.4, 0.5) is 4.79 Å². The molecule has 0 radical (unpaired) electrons. The summed E-state index contributed by atoms with van der Waals surface area (Å²) in [5, 5.41) is 17.5. The Morgan fingerprint density at radius 3 is 2.47 bits per heavy atom. The molecule has 19 heavy (non-hydrogen) atoms. The van der Waals surface area contributed by atoms with Crippen molar-refractivity contribution in [3.8, 4) is 5.75 Å². The van der Waals surface area contributed by atoms with Crippen molar-refractivity contribution in [3.63, 3.8) is 0 Å². The molecule has 1 aromatic rings. The Bertz CT molecular complexity index is 446. The number of nitrogens with zero attached hydrogens (tertiary/aromatic N) is 1. The third-order valence-corrected chi connectivity index (χ3v) is 2.15. The number of aliphatic hydroxyl groups excluding tert-OH is 1. The van der Waals surface area contributed by atoms with E-state index in [0.29, 0.717) is 11.3 Å². The van der Waals surface area contributed by atoms with Crippen molar-refractivity contribution >= 4 is 11.9 Å².